The summed E-state index contributed by atoms with van der Waals surface area (Å²) in [4.78, 5) is 3.36. The maximum absolute atomic E-state index is 5.75. The van der Waals surface area contributed by atoms with Crippen molar-refractivity contribution in [2.24, 2.45) is 5.92 Å². The number of hydrazine groups is 1. The highest BCUT2D eigenvalue weighted by atomic mass is 16.6. The summed E-state index contributed by atoms with van der Waals surface area (Å²) >= 11 is 0. The Bertz CT molecular complexity index is 970. The number of aromatic amines is 1. The molecule has 2 aliphatic rings. The average Bonchev–Trinajstić information content (AvgIpc) is 3.40. The van der Waals surface area contributed by atoms with Gasteiger partial charge in [-0.05, 0) is 48.7 Å². The van der Waals surface area contributed by atoms with Crippen molar-refractivity contribution in [2.75, 3.05) is 32.8 Å². The molecule has 2 unspecified atom stereocenters. The van der Waals surface area contributed by atoms with Crippen LogP contribution in [0.4, 0.5) is 0 Å². The minimum absolute atomic E-state index is 0.270. The number of aromatic nitrogens is 1. The highest BCUT2D eigenvalue weighted by Gasteiger charge is 2.29. The summed E-state index contributed by atoms with van der Waals surface area (Å²) in [6.45, 7) is 4.19. The summed E-state index contributed by atoms with van der Waals surface area (Å²) < 4.78 is 11.4. The van der Waals surface area contributed by atoms with E-state index in [0.29, 0.717) is 19.1 Å². The van der Waals surface area contributed by atoms with Crippen molar-refractivity contribution in [3.8, 4) is 11.5 Å². The standard InChI is InChI=1S/C23H28N4O2/c1-2-6-20-19(5-1)17(14-25-20)4-3-9-24-13-18-15-26-27-23(18)16-7-8-21-22(12-16)29-11-10-28-21/h1-2,5-8,12,14,18,23-27H,3-4,9-11,13,15H2. The number of H-pyrrole nitrogens is 1. The number of hydrogen-bond acceptors (Lipinski definition) is 5. The summed E-state index contributed by atoms with van der Waals surface area (Å²) in [5.74, 6) is 2.19. The number of benzene rings is 2. The molecule has 0 spiro atoms. The fourth-order valence-electron chi connectivity index (χ4n) is 4.36. The summed E-state index contributed by atoms with van der Waals surface area (Å²) in [5, 5.41) is 5.00. The molecular weight excluding hydrogens is 364 g/mol. The molecule has 0 aliphatic carbocycles. The zero-order chi connectivity index (χ0) is 19.5. The van der Waals surface area contributed by atoms with E-state index in [9.17, 15) is 0 Å². The quantitative estimate of drug-likeness (QED) is 0.466. The molecule has 2 aliphatic heterocycles. The van der Waals surface area contributed by atoms with Crippen molar-refractivity contribution in [1.82, 2.24) is 21.2 Å². The van der Waals surface area contributed by atoms with Gasteiger partial charge in [-0.2, -0.15) is 0 Å². The third-order valence-corrected chi connectivity index (χ3v) is 5.90. The number of hydrogen-bond donors (Lipinski definition) is 4. The summed E-state index contributed by atoms with van der Waals surface area (Å²) in [7, 11) is 0. The Labute approximate surface area is 170 Å². The van der Waals surface area contributed by atoms with Gasteiger partial charge in [0.25, 0.3) is 0 Å². The molecule has 3 heterocycles. The van der Waals surface area contributed by atoms with Crippen LogP contribution in [0.25, 0.3) is 10.9 Å². The Morgan fingerprint density at radius 1 is 1.03 bits per heavy atom. The van der Waals surface area contributed by atoms with Gasteiger partial charge >= 0.3 is 0 Å². The second kappa shape index (κ2) is 8.45. The Morgan fingerprint density at radius 2 is 1.93 bits per heavy atom. The molecule has 3 aromatic rings. The monoisotopic (exact) mass is 392 g/mol. The zero-order valence-electron chi connectivity index (χ0n) is 16.5. The predicted octanol–water partition coefficient (Wildman–Crippen LogP) is 2.93. The fraction of sp³-hybridized carbons (Fsp3) is 0.391. The van der Waals surface area contributed by atoms with Gasteiger partial charge in [0, 0.05) is 36.1 Å². The van der Waals surface area contributed by atoms with Gasteiger partial charge in [-0.25, -0.2) is 5.43 Å². The van der Waals surface area contributed by atoms with Crippen LogP contribution in [0.3, 0.4) is 0 Å². The number of fused-ring (bicyclic) bond motifs is 2. The smallest absolute Gasteiger partial charge is 0.161 e. The minimum Gasteiger partial charge on any atom is -0.486 e. The molecule has 152 valence electrons. The minimum atomic E-state index is 0.270. The lowest BCUT2D eigenvalue weighted by Crippen LogP contribution is -2.29. The number of aryl methyl sites for hydroxylation is 1. The molecule has 5 rings (SSSR count). The molecule has 6 nitrogen and oxygen atoms in total. The SMILES string of the molecule is c1ccc2c(CCCNCC3CNNC3c3ccc4c(c3)OCCO4)c[nH]c2c1. The first-order valence-corrected chi connectivity index (χ1v) is 10.5. The van der Waals surface area contributed by atoms with Crippen molar-refractivity contribution >= 4 is 10.9 Å². The summed E-state index contributed by atoms with van der Waals surface area (Å²) in [6, 6.07) is 15.1. The maximum atomic E-state index is 5.75. The van der Waals surface area contributed by atoms with Crippen LogP contribution in [-0.4, -0.2) is 37.8 Å². The van der Waals surface area contributed by atoms with Gasteiger partial charge in [-0.15, -0.1) is 0 Å². The third-order valence-electron chi connectivity index (χ3n) is 5.90. The summed E-state index contributed by atoms with van der Waals surface area (Å²) in [6.07, 6.45) is 4.36. The van der Waals surface area contributed by atoms with E-state index in [4.69, 9.17) is 9.47 Å². The molecular formula is C23H28N4O2. The Morgan fingerprint density at radius 3 is 2.90 bits per heavy atom. The molecule has 0 bridgehead atoms. The van der Waals surface area contributed by atoms with Crippen molar-refractivity contribution < 1.29 is 9.47 Å². The first-order chi connectivity index (χ1) is 14.4. The van der Waals surface area contributed by atoms with Gasteiger partial charge in [0.2, 0.25) is 0 Å². The topological polar surface area (TPSA) is 70.3 Å². The van der Waals surface area contributed by atoms with Gasteiger partial charge in [0.05, 0.1) is 6.04 Å². The molecule has 2 atom stereocenters. The second-order valence-corrected chi connectivity index (χ2v) is 7.83. The molecule has 6 heteroatoms. The van der Waals surface area contributed by atoms with Crippen LogP contribution in [0.2, 0.25) is 0 Å². The van der Waals surface area contributed by atoms with Crippen molar-refractivity contribution in [2.45, 2.75) is 18.9 Å². The average molecular weight is 393 g/mol. The van der Waals surface area contributed by atoms with E-state index in [0.717, 1.165) is 44.0 Å². The zero-order valence-corrected chi connectivity index (χ0v) is 16.5. The van der Waals surface area contributed by atoms with Crippen LogP contribution in [-0.2, 0) is 6.42 Å². The van der Waals surface area contributed by atoms with Gasteiger partial charge in [-0.3, -0.25) is 5.43 Å². The largest absolute Gasteiger partial charge is 0.486 e. The van der Waals surface area contributed by atoms with Crippen LogP contribution in [0.5, 0.6) is 11.5 Å². The van der Waals surface area contributed by atoms with Gasteiger partial charge < -0.3 is 19.8 Å². The molecule has 4 N–H and O–H groups in total. The van der Waals surface area contributed by atoms with E-state index in [-0.39, 0.29) is 6.04 Å². The van der Waals surface area contributed by atoms with Crippen LogP contribution >= 0.6 is 0 Å². The highest BCUT2D eigenvalue weighted by Crippen LogP contribution is 2.35. The molecule has 0 radical (unpaired) electrons. The maximum Gasteiger partial charge on any atom is 0.161 e. The lowest BCUT2D eigenvalue weighted by atomic mass is 9.94. The van der Waals surface area contributed by atoms with Crippen LogP contribution in [0.1, 0.15) is 23.6 Å². The van der Waals surface area contributed by atoms with Crippen LogP contribution < -0.4 is 25.6 Å². The first-order valence-electron chi connectivity index (χ1n) is 10.5. The van der Waals surface area contributed by atoms with E-state index in [1.165, 1.54) is 22.0 Å². The van der Waals surface area contributed by atoms with Crippen molar-refractivity contribution in [1.29, 1.82) is 0 Å². The lowest BCUT2D eigenvalue weighted by molar-refractivity contribution is 0.171. The van der Waals surface area contributed by atoms with E-state index in [2.05, 4.69) is 63.7 Å². The molecule has 1 aromatic heterocycles. The Hall–Kier alpha value is -2.54. The number of rotatable bonds is 7. The van der Waals surface area contributed by atoms with Crippen molar-refractivity contribution in [3.05, 3.63) is 59.8 Å². The molecule has 0 saturated carbocycles. The number of ether oxygens (including phenoxy) is 2. The molecule has 29 heavy (non-hydrogen) atoms. The molecule has 1 fully saturated rings. The van der Waals surface area contributed by atoms with Crippen LogP contribution in [0, 0.1) is 5.92 Å². The molecule has 1 saturated heterocycles. The fourth-order valence-corrected chi connectivity index (χ4v) is 4.36. The highest BCUT2D eigenvalue weighted by molar-refractivity contribution is 5.82. The summed E-state index contributed by atoms with van der Waals surface area (Å²) in [5.41, 5.74) is 10.6. The molecule has 0 amide bonds. The molecule has 2 aromatic carbocycles. The van der Waals surface area contributed by atoms with Crippen molar-refractivity contribution in [3.63, 3.8) is 0 Å². The number of para-hydroxylation sites is 1. The number of nitrogens with one attached hydrogen (secondary N) is 4. The van der Waals surface area contributed by atoms with E-state index < -0.39 is 0 Å². The Balaban J connectivity index is 1.13. The third kappa shape index (κ3) is 3.96. The predicted molar refractivity (Wildman–Crippen MR) is 114 cm³/mol. The second-order valence-electron chi connectivity index (χ2n) is 7.83. The Kier molecular flexibility index (Phi) is 5.39. The normalized spacial score (nSPS) is 21.0. The van der Waals surface area contributed by atoms with Gasteiger partial charge in [-0.1, -0.05) is 24.3 Å². The van der Waals surface area contributed by atoms with E-state index in [1.54, 1.807) is 0 Å². The van der Waals surface area contributed by atoms with Gasteiger partial charge in [0.1, 0.15) is 13.2 Å². The lowest BCUT2D eigenvalue weighted by Gasteiger charge is -2.23. The first kappa shape index (κ1) is 18.5. The van der Waals surface area contributed by atoms with Gasteiger partial charge in [0.15, 0.2) is 11.5 Å². The van der Waals surface area contributed by atoms with E-state index in [1.807, 2.05) is 6.07 Å². The van der Waals surface area contributed by atoms with E-state index >= 15 is 0 Å². The van der Waals surface area contributed by atoms with Crippen LogP contribution in [0.15, 0.2) is 48.7 Å².